The number of pyridine rings is 1. The van der Waals surface area contributed by atoms with Crippen LogP contribution in [0.4, 0.5) is 5.82 Å². The lowest BCUT2D eigenvalue weighted by molar-refractivity contribution is -0.140. The maximum Gasteiger partial charge on any atom is 0.248 e. The molecule has 1 aliphatic carbocycles. The molecule has 4 aromatic rings. The second-order valence-electron chi connectivity index (χ2n) is 10.5. The predicted molar refractivity (Wildman–Crippen MR) is 149 cm³/mol. The standard InChI is InChI=1S/C29H29BrN6O2/c1-17(2)22-14-35(24-9-6-18(10-21(22)24)20-12-31-16-32-13-20)15-28(37)36-23-8-7-19(23)11-25(36)29(38)34-27-5-3-4-26(30)33-27/h3-6,9-10,12-14,16-17,19,23,25H,7-8,11,15H2,1-2H3,(H,33,34,38)/t19-,23-,25+/m1/s1. The smallest absolute Gasteiger partial charge is 0.248 e. The number of likely N-dealkylation sites (tertiary alicyclic amines) is 1. The topological polar surface area (TPSA) is 93.0 Å². The summed E-state index contributed by atoms with van der Waals surface area (Å²) >= 11 is 3.35. The number of amides is 2. The van der Waals surface area contributed by atoms with Crippen LogP contribution in [0.2, 0.25) is 0 Å². The zero-order valence-electron chi connectivity index (χ0n) is 21.3. The number of rotatable bonds is 6. The molecule has 9 heteroatoms. The predicted octanol–water partition coefficient (Wildman–Crippen LogP) is 5.40. The van der Waals surface area contributed by atoms with Crippen molar-refractivity contribution in [3.8, 4) is 11.1 Å². The molecule has 0 unspecified atom stereocenters. The van der Waals surface area contributed by atoms with Gasteiger partial charge in [0.25, 0.3) is 0 Å². The number of halogens is 1. The molecule has 1 saturated heterocycles. The summed E-state index contributed by atoms with van der Waals surface area (Å²) in [5.74, 6) is 0.956. The van der Waals surface area contributed by atoms with Crippen LogP contribution >= 0.6 is 15.9 Å². The molecule has 3 aromatic heterocycles. The quantitative estimate of drug-likeness (QED) is 0.312. The Balaban J connectivity index is 1.28. The number of nitrogens with one attached hydrogen (secondary N) is 1. The van der Waals surface area contributed by atoms with Gasteiger partial charge in [0, 0.05) is 41.1 Å². The van der Waals surface area contributed by atoms with Gasteiger partial charge in [0.05, 0.1) is 0 Å². The Hall–Kier alpha value is -3.59. The summed E-state index contributed by atoms with van der Waals surface area (Å²) in [4.78, 5) is 41.6. The maximum absolute atomic E-state index is 13.8. The van der Waals surface area contributed by atoms with E-state index in [1.165, 1.54) is 11.9 Å². The number of fused-ring (bicyclic) bond motifs is 2. The monoisotopic (exact) mass is 572 g/mol. The average Bonchev–Trinajstić information content (AvgIpc) is 3.38. The maximum atomic E-state index is 13.8. The first kappa shape index (κ1) is 24.7. The molecule has 1 N–H and O–H groups in total. The van der Waals surface area contributed by atoms with Gasteiger partial charge in [-0.15, -0.1) is 0 Å². The third kappa shape index (κ3) is 4.49. The number of carbonyl (C=O) groups is 2. The fourth-order valence-corrected chi connectivity index (χ4v) is 6.22. The van der Waals surface area contributed by atoms with Gasteiger partial charge >= 0.3 is 0 Å². The number of anilines is 1. The molecule has 2 amide bonds. The zero-order chi connectivity index (χ0) is 26.4. The third-order valence-corrected chi connectivity index (χ3v) is 8.33. The van der Waals surface area contributed by atoms with Crippen LogP contribution in [-0.2, 0) is 16.1 Å². The van der Waals surface area contributed by atoms with E-state index in [9.17, 15) is 9.59 Å². The summed E-state index contributed by atoms with van der Waals surface area (Å²) in [7, 11) is 0. The largest absolute Gasteiger partial charge is 0.338 e. The van der Waals surface area contributed by atoms with E-state index in [4.69, 9.17) is 0 Å². The number of benzene rings is 1. The fourth-order valence-electron chi connectivity index (χ4n) is 5.87. The Labute approximate surface area is 229 Å². The molecule has 0 spiro atoms. The van der Waals surface area contributed by atoms with E-state index in [0.29, 0.717) is 22.8 Å². The van der Waals surface area contributed by atoms with Gasteiger partial charge in [-0.25, -0.2) is 15.0 Å². The summed E-state index contributed by atoms with van der Waals surface area (Å²) in [6, 6.07) is 11.3. The average molecular weight is 573 g/mol. The lowest BCUT2D eigenvalue weighted by Gasteiger charge is -2.37. The van der Waals surface area contributed by atoms with Crippen molar-refractivity contribution in [1.82, 2.24) is 24.4 Å². The first-order valence-electron chi connectivity index (χ1n) is 13.0. The molecular formula is C29H29BrN6O2. The van der Waals surface area contributed by atoms with Gasteiger partial charge in [0.1, 0.15) is 29.3 Å². The number of nitrogens with zero attached hydrogens (tertiary/aromatic N) is 5. The van der Waals surface area contributed by atoms with Crippen LogP contribution in [-0.4, -0.2) is 48.3 Å². The van der Waals surface area contributed by atoms with Gasteiger partial charge in [0.15, 0.2) is 0 Å². The normalized spacial score (nSPS) is 20.4. The van der Waals surface area contributed by atoms with Crippen molar-refractivity contribution < 1.29 is 9.59 Å². The molecule has 2 fully saturated rings. The van der Waals surface area contributed by atoms with Crippen molar-refractivity contribution in [2.24, 2.45) is 5.92 Å². The second kappa shape index (κ2) is 9.94. The van der Waals surface area contributed by atoms with E-state index in [-0.39, 0.29) is 30.3 Å². The van der Waals surface area contributed by atoms with Crippen molar-refractivity contribution in [3.05, 3.63) is 71.5 Å². The Bertz CT molecular complexity index is 1520. The molecule has 38 heavy (non-hydrogen) atoms. The highest BCUT2D eigenvalue weighted by Crippen LogP contribution is 2.44. The van der Waals surface area contributed by atoms with E-state index in [2.05, 4.69) is 68.4 Å². The zero-order valence-corrected chi connectivity index (χ0v) is 22.9. The number of carbonyl (C=O) groups excluding carboxylic acids is 2. The Morgan fingerprint density at radius 3 is 2.63 bits per heavy atom. The van der Waals surface area contributed by atoms with Gasteiger partial charge in [-0.05, 0) is 82.4 Å². The molecular weight excluding hydrogens is 544 g/mol. The highest BCUT2D eigenvalue weighted by Gasteiger charge is 2.51. The highest BCUT2D eigenvalue weighted by molar-refractivity contribution is 9.10. The lowest BCUT2D eigenvalue weighted by atomic mass is 9.80. The molecule has 8 nitrogen and oxygen atoms in total. The van der Waals surface area contributed by atoms with Gasteiger partial charge in [0.2, 0.25) is 11.8 Å². The van der Waals surface area contributed by atoms with E-state index in [0.717, 1.165) is 34.9 Å². The second-order valence-corrected chi connectivity index (χ2v) is 11.3. The Morgan fingerprint density at radius 2 is 1.92 bits per heavy atom. The van der Waals surface area contributed by atoms with Crippen molar-refractivity contribution in [1.29, 1.82) is 0 Å². The van der Waals surface area contributed by atoms with E-state index in [1.807, 2.05) is 27.7 Å². The number of aromatic nitrogens is 4. The van der Waals surface area contributed by atoms with E-state index >= 15 is 0 Å². The van der Waals surface area contributed by atoms with Crippen LogP contribution in [0.3, 0.4) is 0 Å². The first-order chi connectivity index (χ1) is 18.4. The summed E-state index contributed by atoms with van der Waals surface area (Å²) in [5, 5.41) is 4.04. The van der Waals surface area contributed by atoms with Crippen LogP contribution in [0.5, 0.6) is 0 Å². The molecule has 4 heterocycles. The number of hydrogen-bond acceptors (Lipinski definition) is 5. The van der Waals surface area contributed by atoms with Gasteiger partial charge < -0.3 is 14.8 Å². The molecule has 3 atom stereocenters. The Kier molecular flexibility index (Phi) is 6.47. The van der Waals surface area contributed by atoms with Gasteiger partial charge in [-0.2, -0.15) is 0 Å². The first-order valence-corrected chi connectivity index (χ1v) is 13.8. The molecule has 194 valence electrons. The fraction of sp³-hybridized carbons (Fsp3) is 0.345. The molecule has 0 radical (unpaired) electrons. The minimum atomic E-state index is -0.489. The van der Waals surface area contributed by atoms with Crippen LogP contribution in [0, 0.1) is 5.92 Å². The van der Waals surface area contributed by atoms with Crippen molar-refractivity contribution in [3.63, 3.8) is 0 Å². The van der Waals surface area contributed by atoms with Crippen LogP contribution in [0.25, 0.3) is 22.0 Å². The summed E-state index contributed by atoms with van der Waals surface area (Å²) in [6.07, 6.45) is 9.93. The SMILES string of the molecule is CC(C)c1cn(CC(=O)N2[C@@H]3CC[C@@H]3C[C@H]2C(=O)Nc2cccc(Br)n2)c2ccc(-c3cncnc3)cc12. The summed E-state index contributed by atoms with van der Waals surface area (Å²) < 4.78 is 2.69. The van der Waals surface area contributed by atoms with Gasteiger partial charge in [-0.1, -0.05) is 26.0 Å². The molecule has 1 aromatic carbocycles. The van der Waals surface area contributed by atoms with Crippen molar-refractivity contribution in [2.75, 3.05) is 5.32 Å². The molecule has 6 rings (SSSR count). The van der Waals surface area contributed by atoms with Crippen LogP contribution < -0.4 is 5.32 Å². The van der Waals surface area contributed by atoms with E-state index in [1.54, 1.807) is 18.5 Å². The minimum absolute atomic E-state index is 0.0210. The Morgan fingerprint density at radius 1 is 1.11 bits per heavy atom. The van der Waals surface area contributed by atoms with Crippen molar-refractivity contribution >= 4 is 44.5 Å². The summed E-state index contributed by atoms with van der Waals surface area (Å²) in [6.45, 7) is 4.52. The van der Waals surface area contributed by atoms with Gasteiger partial charge in [-0.3, -0.25) is 9.59 Å². The summed E-state index contributed by atoms with van der Waals surface area (Å²) in [5.41, 5.74) is 4.18. The molecule has 2 aliphatic rings. The van der Waals surface area contributed by atoms with E-state index < -0.39 is 6.04 Å². The lowest BCUT2D eigenvalue weighted by Crippen LogP contribution is -2.50. The molecule has 1 saturated carbocycles. The highest BCUT2D eigenvalue weighted by atomic mass is 79.9. The molecule has 0 bridgehead atoms. The number of hydrogen-bond donors (Lipinski definition) is 1. The minimum Gasteiger partial charge on any atom is -0.338 e. The van der Waals surface area contributed by atoms with Crippen molar-refractivity contribution in [2.45, 2.75) is 57.7 Å². The van der Waals surface area contributed by atoms with Crippen LogP contribution in [0.15, 0.2) is 65.9 Å². The van der Waals surface area contributed by atoms with Crippen LogP contribution in [0.1, 0.15) is 44.6 Å². The molecule has 1 aliphatic heterocycles. The third-order valence-electron chi connectivity index (χ3n) is 7.89.